The highest BCUT2D eigenvalue weighted by molar-refractivity contribution is 6.81. The van der Waals surface area contributed by atoms with E-state index < -0.39 is 20.8 Å². The Morgan fingerprint density at radius 3 is 2.50 bits per heavy atom. The van der Waals surface area contributed by atoms with Crippen molar-refractivity contribution in [2.24, 2.45) is 0 Å². The zero-order valence-corrected chi connectivity index (χ0v) is 13.3. The molecule has 1 aromatic rings. The largest absolute Gasteiger partial charge is 0.434 e. The van der Waals surface area contributed by atoms with Crippen molar-refractivity contribution in [1.82, 2.24) is 0 Å². The number of carbonyl (C=O) groups is 1. The van der Waals surface area contributed by atoms with E-state index in [1.165, 1.54) is 0 Å². The van der Waals surface area contributed by atoms with Gasteiger partial charge in [0.1, 0.15) is 0 Å². The Hall–Kier alpha value is -1.43. The molecule has 0 aliphatic carbocycles. The van der Waals surface area contributed by atoms with Gasteiger partial charge in [0.2, 0.25) is 0 Å². The molecule has 0 spiro atoms. The van der Waals surface area contributed by atoms with Crippen molar-refractivity contribution in [3.05, 3.63) is 43.0 Å². The molecule has 0 saturated carbocycles. The topological polar surface area (TPSA) is 44.8 Å². The third-order valence-corrected chi connectivity index (χ3v) is 6.47. The molecule has 4 nitrogen and oxygen atoms in total. The van der Waals surface area contributed by atoms with Gasteiger partial charge < -0.3 is 13.6 Å². The minimum absolute atomic E-state index is 0.499. The van der Waals surface area contributed by atoms with Gasteiger partial charge in [0.25, 0.3) is 0 Å². The van der Waals surface area contributed by atoms with Gasteiger partial charge in [-0.05, 0) is 25.1 Å². The molecule has 0 N–H and O–H groups in total. The first-order valence-electron chi connectivity index (χ1n) is 6.78. The molecule has 0 aliphatic rings. The first-order chi connectivity index (χ1) is 9.57. The van der Waals surface area contributed by atoms with Crippen LogP contribution in [0.4, 0.5) is 0 Å². The highest BCUT2D eigenvalue weighted by Crippen LogP contribution is 2.17. The lowest BCUT2D eigenvalue weighted by Gasteiger charge is -2.32. The molecule has 0 aliphatic heterocycles. The summed E-state index contributed by atoms with van der Waals surface area (Å²) < 4.78 is 17.1. The first kappa shape index (κ1) is 16.6. The molecule has 2 unspecified atom stereocenters. The molecule has 0 bridgehead atoms. The summed E-state index contributed by atoms with van der Waals surface area (Å²) in [4.78, 5) is 11.2. The van der Waals surface area contributed by atoms with Crippen LogP contribution in [-0.4, -0.2) is 27.4 Å². The van der Waals surface area contributed by atoms with Crippen molar-refractivity contribution >= 4 is 19.7 Å². The lowest BCUT2D eigenvalue weighted by molar-refractivity contribution is -0.157. The van der Waals surface area contributed by atoms with Crippen molar-refractivity contribution in [3.8, 4) is 0 Å². The molecule has 1 rings (SSSR count). The van der Waals surface area contributed by atoms with Gasteiger partial charge >= 0.3 is 14.5 Å². The van der Waals surface area contributed by atoms with E-state index in [0.717, 1.165) is 17.3 Å². The zero-order valence-electron chi connectivity index (χ0n) is 12.3. The zero-order chi connectivity index (χ0) is 15.0. The minimum Gasteiger partial charge on any atom is -0.434 e. The molecule has 0 radical (unpaired) electrons. The van der Waals surface area contributed by atoms with Crippen molar-refractivity contribution < 1.29 is 18.4 Å². The normalized spacial score (nSPS) is 15.2. The quantitative estimate of drug-likeness (QED) is 0.320. The van der Waals surface area contributed by atoms with Crippen LogP contribution in [0.15, 0.2) is 43.0 Å². The smallest absolute Gasteiger partial charge is 0.374 e. The van der Waals surface area contributed by atoms with Crippen molar-refractivity contribution in [2.45, 2.75) is 33.1 Å². The Morgan fingerprint density at radius 2 is 2.00 bits per heavy atom. The summed E-state index contributed by atoms with van der Waals surface area (Å²) in [6.07, 6.45) is 0.456. The number of hydrogen-bond donors (Lipinski definition) is 0. The standard InChI is InChI=1S/C15H22O4Si/c1-5-15(16)18-13(4)19-20(7-3,17-6-2)14-11-9-8-10-12-14/h5,8-13H,1,6-7H2,2-4H3. The summed E-state index contributed by atoms with van der Waals surface area (Å²) in [5.74, 6) is -0.499. The number of ether oxygens (including phenoxy) is 1. The highest BCUT2D eigenvalue weighted by Gasteiger charge is 2.40. The summed E-state index contributed by atoms with van der Waals surface area (Å²) >= 11 is 0. The maximum atomic E-state index is 11.2. The Morgan fingerprint density at radius 1 is 1.35 bits per heavy atom. The minimum atomic E-state index is -2.60. The summed E-state index contributed by atoms with van der Waals surface area (Å²) in [6, 6.07) is 10.6. The van der Waals surface area contributed by atoms with Gasteiger partial charge in [0.05, 0.1) is 0 Å². The molecule has 0 saturated heterocycles. The second-order valence-electron chi connectivity index (χ2n) is 4.23. The van der Waals surface area contributed by atoms with Gasteiger partial charge in [-0.3, -0.25) is 0 Å². The third-order valence-electron chi connectivity index (χ3n) is 2.86. The molecule has 0 fully saturated rings. The Balaban J connectivity index is 2.94. The molecule has 20 heavy (non-hydrogen) atoms. The monoisotopic (exact) mass is 294 g/mol. The van der Waals surface area contributed by atoms with Gasteiger partial charge in [0.15, 0.2) is 6.29 Å². The van der Waals surface area contributed by atoms with Crippen molar-refractivity contribution in [3.63, 3.8) is 0 Å². The summed E-state index contributed by atoms with van der Waals surface area (Å²) in [5.41, 5.74) is 0. The van der Waals surface area contributed by atoms with Gasteiger partial charge in [-0.15, -0.1) is 0 Å². The molecule has 2 atom stereocenters. The van der Waals surface area contributed by atoms with Crippen molar-refractivity contribution in [1.29, 1.82) is 0 Å². The van der Waals surface area contributed by atoms with E-state index in [0.29, 0.717) is 6.61 Å². The SMILES string of the molecule is C=CC(=O)OC(C)O[Si](CC)(OCC)c1ccccc1. The summed E-state index contributed by atoms with van der Waals surface area (Å²) in [6.45, 7) is 9.58. The fourth-order valence-electron chi connectivity index (χ4n) is 2.00. The lowest BCUT2D eigenvalue weighted by atomic mass is 10.4. The van der Waals surface area contributed by atoms with Gasteiger partial charge in [-0.25, -0.2) is 4.79 Å². The summed E-state index contributed by atoms with van der Waals surface area (Å²) in [7, 11) is -2.60. The van der Waals surface area contributed by atoms with E-state index in [4.69, 9.17) is 13.6 Å². The number of rotatable bonds is 8. The first-order valence-corrected chi connectivity index (χ1v) is 8.80. The van der Waals surface area contributed by atoms with Gasteiger partial charge in [-0.2, -0.15) is 0 Å². The second-order valence-corrected chi connectivity index (χ2v) is 7.55. The molecule has 110 valence electrons. The average Bonchev–Trinajstić information content (AvgIpc) is 2.47. The Bertz CT molecular complexity index is 435. The summed E-state index contributed by atoms with van der Waals surface area (Å²) in [5, 5.41) is 1.03. The van der Waals surface area contributed by atoms with Crippen LogP contribution in [0.5, 0.6) is 0 Å². The van der Waals surface area contributed by atoms with Gasteiger partial charge in [0, 0.05) is 12.7 Å². The third kappa shape index (κ3) is 4.30. The maximum Gasteiger partial charge on any atom is 0.374 e. The van der Waals surface area contributed by atoms with Crippen LogP contribution < -0.4 is 5.19 Å². The van der Waals surface area contributed by atoms with E-state index in [-0.39, 0.29) is 0 Å². The Kier molecular flexibility index (Phi) is 6.64. The number of carbonyl (C=O) groups excluding carboxylic acids is 1. The maximum absolute atomic E-state index is 11.2. The molecule has 0 heterocycles. The molecular weight excluding hydrogens is 272 g/mol. The van der Waals surface area contributed by atoms with Crippen LogP contribution in [0, 0.1) is 0 Å². The van der Waals surface area contributed by atoms with E-state index in [2.05, 4.69) is 6.58 Å². The molecule has 0 amide bonds. The van der Waals surface area contributed by atoms with Crippen LogP contribution in [-0.2, 0) is 18.4 Å². The fourth-order valence-corrected chi connectivity index (χ4v) is 4.90. The predicted octanol–water partition coefficient (Wildman–Crippen LogP) is 2.48. The van der Waals surface area contributed by atoms with Crippen LogP contribution in [0.25, 0.3) is 0 Å². The van der Waals surface area contributed by atoms with E-state index in [1.807, 2.05) is 44.2 Å². The number of benzene rings is 1. The predicted molar refractivity (Wildman–Crippen MR) is 80.8 cm³/mol. The number of hydrogen-bond acceptors (Lipinski definition) is 4. The lowest BCUT2D eigenvalue weighted by Crippen LogP contribution is -2.55. The van der Waals surface area contributed by atoms with Crippen LogP contribution in [0.3, 0.4) is 0 Å². The van der Waals surface area contributed by atoms with Crippen LogP contribution >= 0.6 is 0 Å². The molecule has 1 aromatic carbocycles. The molecular formula is C15H22O4Si. The van der Waals surface area contributed by atoms with Crippen LogP contribution in [0.1, 0.15) is 20.8 Å². The van der Waals surface area contributed by atoms with Crippen LogP contribution in [0.2, 0.25) is 6.04 Å². The van der Waals surface area contributed by atoms with E-state index in [1.54, 1.807) is 6.92 Å². The molecule has 5 heteroatoms. The van der Waals surface area contributed by atoms with Crippen molar-refractivity contribution in [2.75, 3.05) is 6.61 Å². The fraction of sp³-hybridized carbons (Fsp3) is 0.400. The average molecular weight is 294 g/mol. The highest BCUT2D eigenvalue weighted by atomic mass is 28.4. The van der Waals surface area contributed by atoms with E-state index in [9.17, 15) is 4.79 Å². The molecule has 0 aromatic heterocycles. The van der Waals surface area contributed by atoms with E-state index >= 15 is 0 Å². The second kappa shape index (κ2) is 7.99. The van der Waals surface area contributed by atoms with Gasteiger partial charge in [-0.1, -0.05) is 43.8 Å². The number of esters is 1. The Labute approximate surface area is 121 Å².